The number of hydrogen-bond acceptors (Lipinski definition) is 6. The summed E-state index contributed by atoms with van der Waals surface area (Å²) in [5.74, 6) is -1.13. The molecule has 0 saturated carbocycles. The van der Waals surface area contributed by atoms with Gasteiger partial charge in [-0.1, -0.05) is 0 Å². The second kappa shape index (κ2) is 6.58. The zero-order chi connectivity index (χ0) is 13.7. The molecule has 0 aliphatic rings. The van der Waals surface area contributed by atoms with Gasteiger partial charge in [-0.25, -0.2) is 9.18 Å². The summed E-state index contributed by atoms with van der Waals surface area (Å²) in [6.45, 7) is -0.409. The zero-order valence-corrected chi connectivity index (χ0v) is 10.5. The Labute approximate surface area is 108 Å². The fourth-order valence-electron chi connectivity index (χ4n) is 1.20. The lowest BCUT2D eigenvalue weighted by Crippen LogP contribution is -2.15. The highest BCUT2D eigenvalue weighted by atomic mass is 32.2. The molecule has 1 unspecified atom stereocenters. The normalized spacial score (nSPS) is 12.2. The van der Waals surface area contributed by atoms with Crippen molar-refractivity contribution in [3.63, 3.8) is 0 Å². The summed E-state index contributed by atoms with van der Waals surface area (Å²) in [5.41, 5.74) is 5.57. The van der Waals surface area contributed by atoms with Gasteiger partial charge >= 0.3 is 5.97 Å². The molecule has 5 nitrogen and oxygen atoms in total. The van der Waals surface area contributed by atoms with Crippen LogP contribution in [0.4, 0.5) is 10.1 Å². The first-order chi connectivity index (χ1) is 8.49. The van der Waals surface area contributed by atoms with Crippen LogP contribution in [0.2, 0.25) is 0 Å². The number of aliphatic hydroxyl groups is 2. The van der Waals surface area contributed by atoms with Crippen molar-refractivity contribution in [1.82, 2.24) is 0 Å². The predicted molar refractivity (Wildman–Crippen MR) is 66.0 cm³/mol. The summed E-state index contributed by atoms with van der Waals surface area (Å²) in [7, 11) is 1.20. The van der Waals surface area contributed by atoms with Crippen LogP contribution in [0, 0.1) is 5.82 Å². The molecular weight excluding hydrogens is 261 g/mol. The molecule has 0 amide bonds. The van der Waals surface area contributed by atoms with Crippen LogP contribution in [0.5, 0.6) is 0 Å². The number of methoxy groups -OCH3 is 1. The molecule has 0 aromatic heterocycles. The van der Waals surface area contributed by atoms with Gasteiger partial charge in [0.1, 0.15) is 5.82 Å². The number of ether oxygens (including phenoxy) is 1. The molecule has 4 N–H and O–H groups in total. The third-order valence-electron chi connectivity index (χ3n) is 2.15. The van der Waals surface area contributed by atoms with Crippen LogP contribution in [0.1, 0.15) is 10.4 Å². The molecule has 7 heteroatoms. The Bertz CT molecular complexity index is 441. The van der Waals surface area contributed by atoms with E-state index in [-0.39, 0.29) is 21.9 Å². The van der Waals surface area contributed by atoms with Crippen LogP contribution in [-0.2, 0) is 4.74 Å². The van der Waals surface area contributed by atoms with Crippen molar-refractivity contribution in [2.24, 2.45) is 0 Å². The summed E-state index contributed by atoms with van der Waals surface area (Å²) >= 11 is 0.982. The summed E-state index contributed by atoms with van der Waals surface area (Å²) in [6.07, 6.45) is -0.950. The Morgan fingerprint density at radius 2 is 2.28 bits per heavy atom. The lowest BCUT2D eigenvalue weighted by Gasteiger charge is -2.10. The number of anilines is 1. The quantitative estimate of drug-likeness (QED) is 0.415. The van der Waals surface area contributed by atoms with Crippen LogP contribution in [-0.4, -0.2) is 41.8 Å². The fourth-order valence-corrected chi connectivity index (χ4v) is 2.08. The minimum Gasteiger partial charge on any atom is -0.465 e. The van der Waals surface area contributed by atoms with Crippen LogP contribution in [0.3, 0.4) is 0 Å². The molecule has 1 aromatic rings. The smallest absolute Gasteiger partial charge is 0.339 e. The summed E-state index contributed by atoms with van der Waals surface area (Å²) in [6, 6.07) is 2.30. The van der Waals surface area contributed by atoms with E-state index < -0.39 is 24.5 Å². The molecular formula is C11H14FNO4S. The molecule has 0 heterocycles. The number of aliphatic hydroxyl groups excluding tert-OH is 2. The number of carbonyl (C=O) groups is 1. The number of hydrogen-bond donors (Lipinski definition) is 3. The van der Waals surface area contributed by atoms with E-state index >= 15 is 0 Å². The summed E-state index contributed by atoms with van der Waals surface area (Å²) in [4.78, 5) is 11.5. The van der Waals surface area contributed by atoms with E-state index in [1.807, 2.05) is 0 Å². The third kappa shape index (κ3) is 3.59. The molecule has 100 valence electrons. The van der Waals surface area contributed by atoms with E-state index in [4.69, 9.17) is 10.8 Å². The van der Waals surface area contributed by atoms with Crippen molar-refractivity contribution in [1.29, 1.82) is 0 Å². The molecule has 0 saturated heterocycles. The van der Waals surface area contributed by atoms with Gasteiger partial charge in [-0.3, -0.25) is 0 Å². The van der Waals surface area contributed by atoms with Gasteiger partial charge in [0.2, 0.25) is 0 Å². The maximum atomic E-state index is 13.6. The molecule has 0 aliphatic heterocycles. The van der Waals surface area contributed by atoms with Gasteiger partial charge in [0.05, 0.1) is 25.4 Å². The van der Waals surface area contributed by atoms with Gasteiger partial charge in [-0.15, -0.1) is 11.8 Å². The fraction of sp³-hybridized carbons (Fsp3) is 0.364. The predicted octanol–water partition coefficient (Wildman–Crippen LogP) is 0.640. The Balaban J connectivity index is 2.94. The Morgan fingerprint density at radius 3 is 2.83 bits per heavy atom. The van der Waals surface area contributed by atoms with Gasteiger partial charge in [0, 0.05) is 16.3 Å². The number of esters is 1. The number of carbonyl (C=O) groups excluding carboxylic acids is 1. The molecule has 1 atom stereocenters. The average Bonchev–Trinajstić information content (AvgIpc) is 2.36. The van der Waals surface area contributed by atoms with E-state index in [9.17, 15) is 14.3 Å². The van der Waals surface area contributed by atoms with Crippen LogP contribution in [0.15, 0.2) is 17.0 Å². The van der Waals surface area contributed by atoms with Crippen LogP contribution in [0.25, 0.3) is 0 Å². The maximum Gasteiger partial charge on any atom is 0.339 e. The highest BCUT2D eigenvalue weighted by Gasteiger charge is 2.15. The van der Waals surface area contributed by atoms with Gasteiger partial charge < -0.3 is 20.7 Å². The third-order valence-corrected chi connectivity index (χ3v) is 3.33. The van der Waals surface area contributed by atoms with Crippen molar-refractivity contribution >= 4 is 23.4 Å². The van der Waals surface area contributed by atoms with E-state index in [1.165, 1.54) is 13.2 Å². The molecule has 0 spiro atoms. The Hall–Kier alpha value is -1.31. The number of nitrogens with two attached hydrogens (primary N) is 1. The van der Waals surface area contributed by atoms with Gasteiger partial charge in [0.15, 0.2) is 0 Å². The lowest BCUT2D eigenvalue weighted by molar-refractivity contribution is 0.0601. The first kappa shape index (κ1) is 14.7. The SMILES string of the molecule is COC(=O)c1cc(SCC(O)CO)c(F)cc1N. The maximum absolute atomic E-state index is 13.6. The number of benzene rings is 1. The molecule has 0 aliphatic carbocycles. The Morgan fingerprint density at radius 1 is 1.61 bits per heavy atom. The first-order valence-electron chi connectivity index (χ1n) is 5.08. The molecule has 0 radical (unpaired) electrons. The van der Waals surface area contributed by atoms with E-state index in [0.29, 0.717) is 0 Å². The minimum atomic E-state index is -0.950. The zero-order valence-electron chi connectivity index (χ0n) is 9.72. The number of rotatable bonds is 5. The largest absolute Gasteiger partial charge is 0.465 e. The average molecular weight is 275 g/mol. The molecule has 18 heavy (non-hydrogen) atoms. The van der Waals surface area contributed by atoms with Crippen molar-refractivity contribution in [3.8, 4) is 0 Å². The topological polar surface area (TPSA) is 92.8 Å². The van der Waals surface area contributed by atoms with E-state index in [1.54, 1.807) is 0 Å². The van der Waals surface area contributed by atoms with Crippen LogP contribution < -0.4 is 5.73 Å². The van der Waals surface area contributed by atoms with Crippen molar-refractivity contribution in [3.05, 3.63) is 23.5 Å². The van der Waals surface area contributed by atoms with Crippen molar-refractivity contribution < 1.29 is 24.1 Å². The lowest BCUT2D eigenvalue weighted by atomic mass is 10.2. The highest BCUT2D eigenvalue weighted by Crippen LogP contribution is 2.27. The number of nitrogen functional groups attached to an aromatic ring is 1. The second-order valence-electron chi connectivity index (χ2n) is 3.51. The molecule has 1 aromatic carbocycles. The number of halogens is 1. The summed E-state index contributed by atoms with van der Waals surface area (Å²) < 4.78 is 18.1. The van der Waals surface area contributed by atoms with Gasteiger partial charge in [-0.2, -0.15) is 0 Å². The molecule has 0 bridgehead atoms. The molecule has 1 rings (SSSR count). The number of thioether (sulfide) groups is 1. The van der Waals surface area contributed by atoms with Crippen molar-refractivity contribution in [2.75, 3.05) is 25.2 Å². The van der Waals surface area contributed by atoms with E-state index in [0.717, 1.165) is 17.8 Å². The minimum absolute atomic E-state index is 0.00796. The molecule has 0 fully saturated rings. The van der Waals surface area contributed by atoms with Gasteiger partial charge in [0.25, 0.3) is 0 Å². The Kier molecular flexibility index (Phi) is 5.39. The van der Waals surface area contributed by atoms with E-state index in [2.05, 4.69) is 4.74 Å². The standard InChI is InChI=1S/C11H14FNO4S/c1-17-11(16)7-2-10(8(12)3-9(7)13)18-5-6(15)4-14/h2-3,6,14-15H,4-5,13H2,1H3. The second-order valence-corrected chi connectivity index (χ2v) is 4.57. The van der Waals surface area contributed by atoms with Gasteiger partial charge in [-0.05, 0) is 12.1 Å². The summed E-state index contributed by atoms with van der Waals surface area (Å²) in [5, 5.41) is 17.8. The monoisotopic (exact) mass is 275 g/mol. The highest BCUT2D eigenvalue weighted by molar-refractivity contribution is 7.99. The van der Waals surface area contributed by atoms with Crippen LogP contribution >= 0.6 is 11.8 Å². The van der Waals surface area contributed by atoms with Crippen molar-refractivity contribution in [2.45, 2.75) is 11.0 Å². The first-order valence-corrected chi connectivity index (χ1v) is 6.07.